The molecule has 0 unspecified atom stereocenters. The Labute approximate surface area is 194 Å². The first-order chi connectivity index (χ1) is 15.8. The molecular weight excluding hydrogens is 418 g/mol. The van der Waals surface area contributed by atoms with Gasteiger partial charge in [-0.3, -0.25) is 9.78 Å². The number of hydrogen-bond donors (Lipinski definition) is 1. The van der Waals surface area contributed by atoms with Gasteiger partial charge >= 0.3 is 6.09 Å². The number of nitrogens with zero attached hydrogens (tertiary/aromatic N) is 4. The van der Waals surface area contributed by atoms with Crippen LogP contribution in [-0.4, -0.2) is 50.5 Å². The molecule has 0 atom stereocenters. The van der Waals surface area contributed by atoms with Crippen molar-refractivity contribution in [1.29, 1.82) is 0 Å². The second kappa shape index (κ2) is 11.2. The first kappa shape index (κ1) is 23.8. The van der Waals surface area contributed by atoms with E-state index in [0.29, 0.717) is 37.4 Å². The minimum atomic E-state index is -0.593. The van der Waals surface area contributed by atoms with Crippen molar-refractivity contribution in [3.8, 4) is 11.4 Å². The Bertz CT molecular complexity index is 1040. The third kappa shape index (κ3) is 7.68. The summed E-state index contributed by atoms with van der Waals surface area (Å²) in [6, 6.07) is 13.3. The van der Waals surface area contributed by atoms with Gasteiger partial charge in [-0.2, -0.15) is 0 Å². The number of rotatable bonds is 8. The van der Waals surface area contributed by atoms with Crippen LogP contribution in [0.4, 0.5) is 4.79 Å². The van der Waals surface area contributed by atoms with Gasteiger partial charge in [0.15, 0.2) is 5.82 Å². The molecule has 8 nitrogen and oxygen atoms in total. The second-order valence-electron chi connectivity index (χ2n) is 8.53. The van der Waals surface area contributed by atoms with E-state index in [1.54, 1.807) is 17.3 Å². The van der Waals surface area contributed by atoms with Crippen molar-refractivity contribution in [2.45, 2.75) is 39.3 Å². The predicted molar refractivity (Wildman–Crippen MR) is 125 cm³/mol. The maximum absolute atomic E-state index is 12.6. The molecule has 0 bridgehead atoms. The number of hydrogen-bond acceptors (Lipinski definition) is 6. The van der Waals surface area contributed by atoms with E-state index in [9.17, 15) is 9.59 Å². The van der Waals surface area contributed by atoms with E-state index in [4.69, 9.17) is 4.74 Å². The highest BCUT2D eigenvalue weighted by Gasteiger charge is 2.22. The number of carbonyl (C=O) groups excluding carboxylic acids is 2. The maximum atomic E-state index is 12.6. The highest BCUT2D eigenvalue weighted by atomic mass is 16.6. The van der Waals surface area contributed by atoms with Gasteiger partial charge < -0.3 is 15.0 Å². The molecule has 0 saturated carbocycles. The van der Waals surface area contributed by atoms with Crippen molar-refractivity contribution in [3.05, 3.63) is 78.4 Å². The first-order valence-electron chi connectivity index (χ1n) is 10.8. The van der Waals surface area contributed by atoms with Crippen LogP contribution in [0.15, 0.2) is 67.3 Å². The maximum Gasteiger partial charge on any atom is 0.410 e. The highest BCUT2D eigenvalue weighted by Crippen LogP contribution is 2.14. The van der Waals surface area contributed by atoms with Gasteiger partial charge in [0.2, 0.25) is 0 Å². The van der Waals surface area contributed by atoms with Crippen LogP contribution >= 0.6 is 0 Å². The molecule has 0 aliphatic rings. The van der Waals surface area contributed by atoms with Crippen LogP contribution in [0.1, 0.15) is 43.1 Å². The Morgan fingerprint density at radius 1 is 1.00 bits per heavy atom. The van der Waals surface area contributed by atoms with Crippen molar-refractivity contribution < 1.29 is 14.3 Å². The Hall–Kier alpha value is -3.81. The average molecular weight is 448 g/mol. The molecule has 0 radical (unpaired) electrons. The summed E-state index contributed by atoms with van der Waals surface area (Å²) in [5.41, 5.74) is 1.59. The predicted octanol–water partition coefficient (Wildman–Crippen LogP) is 4.10. The van der Waals surface area contributed by atoms with Crippen molar-refractivity contribution in [3.63, 3.8) is 0 Å². The highest BCUT2D eigenvalue weighted by molar-refractivity contribution is 5.93. The molecule has 3 rings (SSSR count). The normalized spacial score (nSPS) is 11.0. The minimum Gasteiger partial charge on any atom is -0.444 e. The minimum absolute atomic E-state index is 0.259. The first-order valence-corrected chi connectivity index (χ1v) is 10.8. The second-order valence-corrected chi connectivity index (χ2v) is 8.53. The van der Waals surface area contributed by atoms with E-state index in [1.165, 1.54) is 12.4 Å². The molecule has 33 heavy (non-hydrogen) atoms. The number of nitrogens with one attached hydrogen (secondary N) is 1. The number of benzene rings is 1. The van der Waals surface area contributed by atoms with Gasteiger partial charge in [0.25, 0.3) is 5.91 Å². The standard InChI is InChI=1S/C25H29N5O3/c1-25(2,3)33-24(32)30(18-19-9-7-12-26-15-19)14-8-13-27-23(31)21-16-28-22(29-17-21)20-10-5-4-6-11-20/h4-7,9-12,15-17H,8,13-14,18H2,1-3H3,(H,27,31). The SMILES string of the molecule is CC(C)(C)OC(=O)N(CCCNC(=O)c1cnc(-c2ccccc2)nc1)Cc1cccnc1. The van der Waals surface area contributed by atoms with Crippen LogP contribution in [-0.2, 0) is 11.3 Å². The molecule has 8 heteroatoms. The molecule has 2 aromatic heterocycles. The fraction of sp³-hybridized carbons (Fsp3) is 0.320. The average Bonchev–Trinajstić information content (AvgIpc) is 2.81. The molecular formula is C25H29N5O3. The summed E-state index contributed by atoms with van der Waals surface area (Å²) in [5, 5.41) is 2.85. The molecule has 3 aromatic rings. The van der Waals surface area contributed by atoms with Crippen LogP contribution < -0.4 is 5.32 Å². The van der Waals surface area contributed by atoms with Crippen molar-refractivity contribution in [2.75, 3.05) is 13.1 Å². The summed E-state index contributed by atoms with van der Waals surface area (Å²) < 4.78 is 5.53. The number of amides is 2. The smallest absolute Gasteiger partial charge is 0.410 e. The Balaban J connectivity index is 1.52. The third-order valence-corrected chi connectivity index (χ3v) is 4.58. The number of aromatic nitrogens is 3. The molecule has 1 N–H and O–H groups in total. The fourth-order valence-corrected chi connectivity index (χ4v) is 3.03. The lowest BCUT2D eigenvalue weighted by molar-refractivity contribution is 0.0232. The largest absolute Gasteiger partial charge is 0.444 e. The lowest BCUT2D eigenvalue weighted by Gasteiger charge is -2.27. The quantitative estimate of drug-likeness (QED) is 0.522. The Morgan fingerprint density at radius 2 is 1.73 bits per heavy atom. The topological polar surface area (TPSA) is 97.3 Å². The van der Waals surface area contributed by atoms with Crippen LogP contribution in [0.3, 0.4) is 0 Å². The number of carbonyl (C=O) groups is 2. The van der Waals surface area contributed by atoms with Crippen molar-refractivity contribution >= 4 is 12.0 Å². The molecule has 1 aromatic carbocycles. The zero-order valence-electron chi connectivity index (χ0n) is 19.2. The fourth-order valence-electron chi connectivity index (χ4n) is 3.03. The summed E-state index contributed by atoms with van der Waals surface area (Å²) in [6.45, 7) is 6.69. The zero-order valence-corrected chi connectivity index (χ0v) is 19.2. The number of ether oxygens (including phenoxy) is 1. The summed E-state index contributed by atoms with van der Waals surface area (Å²) in [6.07, 6.45) is 6.60. The molecule has 0 fully saturated rings. The van der Waals surface area contributed by atoms with E-state index in [0.717, 1.165) is 11.1 Å². The lowest BCUT2D eigenvalue weighted by Crippen LogP contribution is -2.38. The Kier molecular flexibility index (Phi) is 8.07. The van der Waals surface area contributed by atoms with Gasteiger partial charge in [-0.15, -0.1) is 0 Å². The van der Waals surface area contributed by atoms with E-state index in [-0.39, 0.29) is 5.91 Å². The van der Waals surface area contributed by atoms with Crippen LogP contribution in [0, 0.1) is 0 Å². The monoisotopic (exact) mass is 447 g/mol. The van der Waals surface area contributed by atoms with Gasteiger partial charge in [0, 0.05) is 43.4 Å². The molecule has 2 heterocycles. The Morgan fingerprint density at radius 3 is 2.36 bits per heavy atom. The molecule has 0 spiro atoms. The third-order valence-electron chi connectivity index (χ3n) is 4.58. The van der Waals surface area contributed by atoms with Crippen LogP contribution in [0.25, 0.3) is 11.4 Å². The van der Waals surface area contributed by atoms with Gasteiger partial charge in [0.05, 0.1) is 12.1 Å². The summed E-state index contributed by atoms with van der Waals surface area (Å²) in [4.78, 5) is 39.4. The van der Waals surface area contributed by atoms with Crippen LogP contribution in [0.2, 0.25) is 0 Å². The molecule has 0 aliphatic heterocycles. The van der Waals surface area contributed by atoms with Crippen LogP contribution in [0.5, 0.6) is 0 Å². The van der Waals surface area contributed by atoms with E-state index < -0.39 is 11.7 Å². The summed E-state index contributed by atoms with van der Waals surface area (Å²) in [5.74, 6) is 0.307. The van der Waals surface area contributed by atoms with Gasteiger partial charge in [-0.25, -0.2) is 14.8 Å². The van der Waals surface area contributed by atoms with Crippen molar-refractivity contribution in [1.82, 2.24) is 25.2 Å². The number of pyridine rings is 1. The van der Waals surface area contributed by atoms with Gasteiger partial charge in [-0.05, 0) is 38.8 Å². The molecule has 172 valence electrons. The zero-order chi connectivity index (χ0) is 23.7. The summed E-state index contributed by atoms with van der Waals surface area (Å²) >= 11 is 0. The van der Waals surface area contributed by atoms with E-state index in [1.807, 2.05) is 63.2 Å². The van der Waals surface area contributed by atoms with E-state index >= 15 is 0 Å². The molecule has 0 saturated heterocycles. The van der Waals surface area contributed by atoms with Gasteiger partial charge in [-0.1, -0.05) is 36.4 Å². The lowest BCUT2D eigenvalue weighted by atomic mass is 10.2. The summed E-state index contributed by atoms with van der Waals surface area (Å²) in [7, 11) is 0. The van der Waals surface area contributed by atoms with Crippen molar-refractivity contribution in [2.24, 2.45) is 0 Å². The molecule has 2 amide bonds. The van der Waals surface area contributed by atoms with E-state index in [2.05, 4.69) is 20.3 Å². The molecule has 0 aliphatic carbocycles. The van der Waals surface area contributed by atoms with Gasteiger partial charge in [0.1, 0.15) is 5.60 Å².